The molecule has 0 amide bonds. The number of aryl methyl sites for hydroxylation is 2. The van der Waals surface area contributed by atoms with Gasteiger partial charge in [-0.05, 0) is 26.2 Å². The maximum absolute atomic E-state index is 11.1. The van der Waals surface area contributed by atoms with E-state index >= 15 is 0 Å². The summed E-state index contributed by atoms with van der Waals surface area (Å²) in [6.45, 7) is 1.61. The van der Waals surface area contributed by atoms with Crippen LogP contribution in [0, 0.1) is 17.0 Å². The largest absolute Gasteiger partial charge is 0.468 e. The predicted molar refractivity (Wildman–Crippen MR) is 70.1 cm³/mol. The van der Waals surface area contributed by atoms with Crippen molar-refractivity contribution in [2.45, 2.75) is 51.2 Å². The maximum Gasteiger partial charge on any atom is 0.353 e. The van der Waals surface area contributed by atoms with Gasteiger partial charge in [0.2, 0.25) is 0 Å². The van der Waals surface area contributed by atoms with Crippen LogP contribution < -0.4 is 10.5 Å². The molecule has 1 aliphatic carbocycles. The lowest BCUT2D eigenvalue weighted by molar-refractivity contribution is -0.386. The van der Waals surface area contributed by atoms with Crippen LogP contribution in [0.15, 0.2) is 0 Å². The second-order valence-electron chi connectivity index (χ2n) is 5.08. The monoisotopic (exact) mass is 268 g/mol. The lowest BCUT2D eigenvalue weighted by Crippen LogP contribution is -2.38. The molecule has 2 N–H and O–H groups in total. The minimum absolute atomic E-state index is 0.0565. The Morgan fingerprint density at radius 3 is 2.79 bits per heavy atom. The molecular weight excluding hydrogens is 248 g/mol. The summed E-state index contributed by atoms with van der Waals surface area (Å²) in [6, 6.07) is -0.0719. The van der Waals surface area contributed by atoms with Gasteiger partial charge in [-0.2, -0.15) is 5.10 Å². The molecule has 1 heterocycles. The van der Waals surface area contributed by atoms with Crippen molar-refractivity contribution < 1.29 is 9.66 Å². The van der Waals surface area contributed by atoms with Crippen molar-refractivity contribution >= 4 is 5.69 Å². The smallest absolute Gasteiger partial charge is 0.353 e. The van der Waals surface area contributed by atoms with Gasteiger partial charge in [0.05, 0.1) is 4.92 Å². The Morgan fingerprint density at radius 2 is 2.11 bits per heavy atom. The van der Waals surface area contributed by atoms with Gasteiger partial charge in [0.1, 0.15) is 11.8 Å². The Hall–Kier alpha value is -1.63. The second-order valence-corrected chi connectivity index (χ2v) is 5.08. The first-order chi connectivity index (χ1) is 9.00. The van der Waals surface area contributed by atoms with Crippen LogP contribution in [0.1, 0.15) is 37.8 Å². The van der Waals surface area contributed by atoms with Crippen LogP contribution in [0.5, 0.6) is 5.88 Å². The fourth-order valence-electron chi connectivity index (χ4n) is 2.56. The van der Waals surface area contributed by atoms with Crippen LogP contribution >= 0.6 is 0 Å². The predicted octanol–water partition coefficient (Wildman–Crippen LogP) is 1.68. The van der Waals surface area contributed by atoms with Crippen molar-refractivity contribution in [3.05, 3.63) is 15.8 Å². The van der Waals surface area contributed by atoms with Crippen LogP contribution in [0.4, 0.5) is 5.69 Å². The van der Waals surface area contributed by atoms with Gasteiger partial charge in [0, 0.05) is 13.1 Å². The highest BCUT2D eigenvalue weighted by atomic mass is 16.6. The summed E-state index contributed by atoms with van der Waals surface area (Å²) < 4.78 is 7.25. The van der Waals surface area contributed by atoms with Crippen molar-refractivity contribution in [3.8, 4) is 5.88 Å². The van der Waals surface area contributed by atoms with Crippen molar-refractivity contribution in [1.29, 1.82) is 0 Å². The molecule has 1 fully saturated rings. The fraction of sp³-hybridized carbons (Fsp3) is 0.750. The Balaban J connectivity index is 2.24. The lowest BCUT2D eigenvalue weighted by atomic mass is 10.1. The highest BCUT2D eigenvalue weighted by molar-refractivity contribution is 5.45. The molecule has 0 aliphatic heterocycles. The third kappa shape index (κ3) is 2.86. The number of aromatic nitrogens is 2. The lowest BCUT2D eigenvalue weighted by Gasteiger charge is -2.22. The van der Waals surface area contributed by atoms with Crippen molar-refractivity contribution in [1.82, 2.24) is 9.78 Å². The van der Waals surface area contributed by atoms with Crippen LogP contribution in [-0.4, -0.2) is 26.8 Å². The van der Waals surface area contributed by atoms with Gasteiger partial charge in [-0.3, -0.25) is 10.1 Å². The molecule has 2 rings (SSSR count). The van der Waals surface area contributed by atoms with Gasteiger partial charge in [0.15, 0.2) is 0 Å². The minimum atomic E-state index is -0.445. The molecule has 0 radical (unpaired) electrons. The Morgan fingerprint density at radius 1 is 1.42 bits per heavy atom. The summed E-state index contributed by atoms with van der Waals surface area (Å²) in [7, 11) is 1.65. The quantitative estimate of drug-likeness (QED) is 0.511. The third-order valence-corrected chi connectivity index (χ3v) is 3.59. The molecule has 1 aromatic heterocycles. The third-order valence-electron chi connectivity index (χ3n) is 3.59. The highest BCUT2D eigenvalue weighted by Gasteiger charge is 2.30. The molecule has 2 unspecified atom stereocenters. The zero-order chi connectivity index (χ0) is 14.0. The normalized spacial score (nSPS) is 23.9. The van der Waals surface area contributed by atoms with Gasteiger partial charge >= 0.3 is 5.69 Å². The Bertz CT molecular complexity index is 472. The number of hydrogen-bond acceptors (Lipinski definition) is 5. The molecular formula is C12H20N4O3. The van der Waals surface area contributed by atoms with Gasteiger partial charge in [-0.1, -0.05) is 12.8 Å². The van der Waals surface area contributed by atoms with Gasteiger partial charge in [-0.25, -0.2) is 4.68 Å². The average molecular weight is 268 g/mol. The average Bonchev–Trinajstić information content (AvgIpc) is 2.48. The van der Waals surface area contributed by atoms with Crippen LogP contribution in [0.3, 0.4) is 0 Å². The first kappa shape index (κ1) is 13.8. The number of nitrogens with zero attached hydrogens (tertiary/aromatic N) is 3. The molecule has 2 atom stereocenters. The molecule has 7 nitrogen and oxygen atoms in total. The van der Waals surface area contributed by atoms with E-state index in [4.69, 9.17) is 10.5 Å². The SMILES string of the molecule is Cc1nn(C)c(OC2CCCCCC2N)c1[N+](=O)[O-]. The van der Waals surface area contributed by atoms with E-state index in [0.29, 0.717) is 5.69 Å². The minimum Gasteiger partial charge on any atom is -0.468 e. The molecule has 1 aromatic rings. The molecule has 0 saturated heterocycles. The summed E-state index contributed by atoms with van der Waals surface area (Å²) in [6.07, 6.45) is 4.84. The molecule has 19 heavy (non-hydrogen) atoms. The van der Waals surface area contributed by atoms with E-state index < -0.39 is 4.92 Å². The molecule has 0 bridgehead atoms. The van der Waals surface area contributed by atoms with E-state index in [-0.39, 0.29) is 23.7 Å². The Labute approximate surface area is 111 Å². The molecule has 106 valence electrons. The first-order valence-corrected chi connectivity index (χ1v) is 6.61. The van der Waals surface area contributed by atoms with Crippen molar-refractivity contribution in [2.24, 2.45) is 12.8 Å². The maximum atomic E-state index is 11.1. The summed E-state index contributed by atoms with van der Waals surface area (Å²) in [5.74, 6) is 0.213. The van der Waals surface area contributed by atoms with E-state index in [1.54, 1.807) is 14.0 Å². The molecule has 7 heteroatoms. The first-order valence-electron chi connectivity index (χ1n) is 6.61. The van der Waals surface area contributed by atoms with Crippen LogP contribution in [0.25, 0.3) is 0 Å². The van der Waals surface area contributed by atoms with E-state index in [9.17, 15) is 10.1 Å². The number of hydrogen-bond donors (Lipinski definition) is 1. The number of rotatable bonds is 3. The Kier molecular flexibility index (Phi) is 4.04. The molecule has 1 aliphatic rings. The second kappa shape index (κ2) is 5.56. The van der Waals surface area contributed by atoms with Crippen LogP contribution in [0.2, 0.25) is 0 Å². The van der Waals surface area contributed by atoms with Gasteiger partial charge in [0.25, 0.3) is 5.88 Å². The number of nitro groups is 1. The van der Waals surface area contributed by atoms with E-state index in [1.165, 1.54) is 4.68 Å². The van der Waals surface area contributed by atoms with E-state index in [0.717, 1.165) is 32.1 Å². The van der Waals surface area contributed by atoms with Crippen molar-refractivity contribution in [2.75, 3.05) is 0 Å². The summed E-state index contributed by atoms with van der Waals surface area (Å²) in [4.78, 5) is 10.6. The fourth-order valence-corrected chi connectivity index (χ4v) is 2.56. The molecule has 0 spiro atoms. The van der Waals surface area contributed by atoms with E-state index in [2.05, 4.69) is 5.10 Å². The standard InChI is InChI=1S/C12H20N4O3/c1-8-11(16(17)18)12(15(2)14-8)19-10-7-5-3-4-6-9(10)13/h9-10H,3-7,13H2,1-2H3. The van der Waals surface area contributed by atoms with Gasteiger partial charge < -0.3 is 10.5 Å². The number of nitrogens with two attached hydrogens (primary N) is 1. The van der Waals surface area contributed by atoms with Gasteiger partial charge in [-0.15, -0.1) is 0 Å². The summed E-state index contributed by atoms with van der Waals surface area (Å²) >= 11 is 0. The summed E-state index contributed by atoms with van der Waals surface area (Å²) in [5.41, 5.74) is 6.39. The molecule has 1 saturated carbocycles. The number of ether oxygens (including phenoxy) is 1. The zero-order valence-electron chi connectivity index (χ0n) is 11.3. The van der Waals surface area contributed by atoms with Crippen LogP contribution in [-0.2, 0) is 7.05 Å². The molecule has 0 aromatic carbocycles. The zero-order valence-corrected chi connectivity index (χ0v) is 11.3. The topological polar surface area (TPSA) is 96.2 Å². The van der Waals surface area contributed by atoms with Crippen molar-refractivity contribution in [3.63, 3.8) is 0 Å². The summed E-state index contributed by atoms with van der Waals surface area (Å²) in [5, 5.41) is 15.1. The highest BCUT2D eigenvalue weighted by Crippen LogP contribution is 2.32. The van der Waals surface area contributed by atoms with E-state index in [1.807, 2.05) is 0 Å².